The SMILES string of the molecule is CCCCc1ccc(-c2ccc(C(=O)N[C@@H](C)CC(=O)N[C@@H](CCCCN)C(=O)N(C)[C@@H]3C(=O)N[C@@H](C)C(=O)N[C@H](C(=O)O)Cc4ccc(O)c(c4)-c4cc3ccc4O)cc2)cc1. The Bertz CT molecular complexity index is 2280. The fourth-order valence-corrected chi connectivity index (χ4v) is 7.58. The van der Waals surface area contributed by atoms with Crippen LogP contribution in [-0.4, -0.2) is 93.5 Å². The van der Waals surface area contributed by atoms with Crippen molar-refractivity contribution in [3.8, 4) is 33.8 Å². The van der Waals surface area contributed by atoms with Gasteiger partial charge in [-0.25, -0.2) is 4.79 Å². The van der Waals surface area contributed by atoms with Crippen molar-refractivity contribution in [1.82, 2.24) is 26.2 Å². The number of benzene rings is 4. The van der Waals surface area contributed by atoms with Gasteiger partial charge in [-0.1, -0.05) is 61.9 Å². The molecule has 9 N–H and O–H groups in total. The van der Waals surface area contributed by atoms with Crippen LogP contribution in [0, 0.1) is 0 Å². The third-order valence-corrected chi connectivity index (χ3v) is 11.2. The number of rotatable bonds is 16. The number of carboxylic acids is 1. The highest BCUT2D eigenvalue weighted by Crippen LogP contribution is 2.39. The second-order valence-corrected chi connectivity index (χ2v) is 16.2. The largest absolute Gasteiger partial charge is 0.507 e. The topological polar surface area (TPSA) is 240 Å². The minimum absolute atomic E-state index is 0.0961. The Morgan fingerprint density at radius 3 is 2.10 bits per heavy atom. The summed E-state index contributed by atoms with van der Waals surface area (Å²) in [4.78, 5) is 81.9. The van der Waals surface area contributed by atoms with Crippen LogP contribution >= 0.6 is 0 Å². The fourth-order valence-electron chi connectivity index (χ4n) is 7.58. The predicted molar refractivity (Wildman–Crippen MR) is 238 cm³/mol. The van der Waals surface area contributed by atoms with Crippen LogP contribution in [0.1, 0.15) is 92.4 Å². The summed E-state index contributed by atoms with van der Waals surface area (Å²) in [6.45, 7) is 5.54. The van der Waals surface area contributed by atoms with Crippen LogP contribution < -0.4 is 27.0 Å². The van der Waals surface area contributed by atoms with Crippen molar-refractivity contribution in [2.75, 3.05) is 13.6 Å². The molecule has 4 bridgehead atoms. The van der Waals surface area contributed by atoms with Gasteiger partial charge in [-0.2, -0.15) is 0 Å². The van der Waals surface area contributed by atoms with Gasteiger partial charge in [0, 0.05) is 42.6 Å². The molecule has 4 aromatic carbocycles. The number of unbranched alkanes of at least 4 members (excludes halogenated alkanes) is 2. The number of amides is 5. The van der Waals surface area contributed by atoms with Crippen LogP contribution in [0.5, 0.6) is 11.5 Å². The van der Waals surface area contributed by atoms with Crippen LogP contribution in [0.4, 0.5) is 0 Å². The maximum atomic E-state index is 14.4. The van der Waals surface area contributed by atoms with Gasteiger partial charge in [0.15, 0.2) is 0 Å². The first-order chi connectivity index (χ1) is 30.1. The second-order valence-electron chi connectivity index (χ2n) is 16.2. The molecule has 334 valence electrons. The van der Waals surface area contributed by atoms with Gasteiger partial charge in [0.05, 0.1) is 0 Å². The molecule has 0 spiro atoms. The maximum absolute atomic E-state index is 14.4. The maximum Gasteiger partial charge on any atom is 0.326 e. The van der Waals surface area contributed by atoms with Crippen LogP contribution in [0.25, 0.3) is 22.3 Å². The van der Waals surface area contributed by atoms with Crippen molar-refractivity contribution in [1.29, 1.82) is 0 Å². The molecule has 0 aromatic heterocycles. The van der Waals surface area contributed by atoms with Crippen molar-refractivity contribution in [3.63, 3.8) is 0 Å². The molecule has 0 aliphatic carbocycles. The summed E-state index contributed by atoms with van der Waals surface area (Å²) in [6, 6.07) is 18.2. The summed E-state index contributed by atoms with van der Waals surface area (Å²) >= 11 is 0. The molecule has 1 heterocycles. The molecule has 5 amide bonds. The fraction of sp³-hybridized carbons (Fsp3) is 0.375. The summed E-state index contributed by atoms with van der Waals surface area (Å²) in [5.41, 5.74) is 10.3. The average Bonchev–Trinajstić information content (AvgIpc) is 3.25. The normalized spacial score (nSPS) is 17.3. The number of nitrogens with one attached hydrogen (secondary N) is 4. The number of phenols is 2. The molecule has 4 aromatic rings. The molecule has 5 rings (SSSR count). The van der Waals surface area contributed by atoms with E-state index in [1.165, 1.54) is 55.9 Å². The van der Waals surface area contributed by atoms with Gasteiger partial charge in [0.1, 0.15) is 35.7 Å². The van der Waals surface area contributed by atoms with E-state index in [0.29, 0.717) is 30.5 Å². The van der Waals surface area contributed by atoms with E-state index in [0.717, 1.165) is 35.3 Å². The summed E-state index contributed by atoms with van der Waals surface area (Å²) in [5.74, 6) is -5.02. The van der Waals surface area contributed by atoms with E-state index in [-0.39, 0.29) is 53.4 Å². The molecule has 1 aliphatic heterocycles. The molecule has 5 atom stereocenters. The van der Waals surface area contributed by atoms with E-state index in [9.17, 15) is 44.1 Å². The number of aromatic hydroxyl groups is 2. The van der Waals surface area contributed by atoms with E-state index in [2.05, 4.69) is 52.5 Å². The van der Waals surface area contributed by atoms with Gasteiger partial charge >= 0.3 is 5.97 Å². The molecule has 0 saturated heterocycles. The Balaban J connectivity index is 1.34. The van der Waals surface area contributed by atoms with E-state index in [1.54, 1.807) is 19.1 Å². The smallest absolute Gasteiger partial charge is 0.326 e. The number of hydrogen-bond donors (Lipinski definition) is 8. The highest BCUT2D eigenvalue weighted by molar-refractivity contribution is 5.97. The number of carbonyl (C=O) groups is 6. The van der Waals surface area contributed by atoms with Gasteiger partial charge in [0.2, 0.25) is 23.6 Å². The van der Waals surface area contributed by atoms with Gasteiger partial charge < -0.3 is 47.2 Å². The third-order valence-electron chi connectivity index (χ3n) is 11.2. The summed E-state index contributed by atoms with van der Waals surface area (Å²) in [6.07, 6.45) is 4.10. The third kappa shape index (κ3) is 12.4. The molecule has 0 fully saturated rings. The number of hydrogen-bond acceptors (Lipinski definition) is 9. The lowest BCUT2D eigenvalue weighted by molar-refractivity contribution is -0.144. The number of nitrogens with two attached hydrogens (primary N) is 1. The lowest BCUT2D eigenvalue weighted by Crippen LogP contribution is -2.55. The first kappa shape index (κ1) is 47.3. The van der Waals surface area contributed by atoms with Crippen LogP contribution in [0.2, 0.25) is 0 Å². The standard InChI is InChI=1S/C48H58N6O9/c1-5-6-9-30-11-14-32(15-12-30)33-16-18-34(19-17-33)45(59)50-28(2)24-42(57)52-38(10-7-8-23-49)47(61)54(4)43-35-20-22-41(56)37(27-35)36-25-31(13-21-40(36)55)26-39(48(62)63)53-44(58)29(3)51-46(43)60/h11-22,25,27-29,38-39,43,55-56H,5-10,23-24,26,49H2,1-4H3,(H,50,59)(H,51,60)(H,52,57)(H,53,58)(H,62,63)/t28-,29-,38-,39-,43-/m0/s1. The van der Waals surface area contributed by atoms with Gasteiger partial charge in [-0.05, 0) is 117 Å². The molecule has 15 heteroatoms. The first-order valence-electron chi connectivity index (χ1n) is 21.3. The molecule has 15 nitrogen and oxygen atoms in total. The average molecular weight is 863 g/mol. The lowest BCUT2D eigenvalue weighted by atomic mass is 9.93. The first-order valence-corrected chi connectivity index (χ1v) is 21.3. The number of likely N-dealkylation sites (N-methyl/N-ethyl adjacent to an activating group) is 1. The van der Waals surface area contributed by atoms with Gasteiger partial charge in [-0.3, -0.25) is 24.0 Å². The van der Waals surface area contributed by atoms with Crippen molar-refractivity contribution in [2.45, 2.75) is 102 Å². The zero-order valence-corrected chi connectivity index (χ0v) is 36.1. The minimum Gasteiger partial charge on any atom is -0.507 e. The van der Waals surface area contributed by atoms with Crippen LogP contribution in [-0.2, 0) is 36.8 Å². The quantitative estimate of drug-likeness (QED) is 0.0721. The van der Waals surface area contributed by atoms with E-state index < -0.39 is 59.8 Å². The van der Waals surface area contributed by atoms with E-state index >= 15 is 0 Å². The monoisotopic (exact) mass is 862 g/mol. The predicted octanol–water partition coefficient (Wildman–Crippen LogP) is 4.73. The van der Waals surface area contributed by atoms with Crippen molar-refractivity contribution in [3.05, 3.63) is 107 Å². The summed E-state index contributed by atoms with van der Waals surface area (Å²) in [7, 11) is 1.37. The summed E-state index contributed by atoms with van der Waals surface area (Å²) < 4.78 is 0. The zero-order chi connectivity index (χ0) is 45.8. The van der Waals surface area contributed by atoms with E-state index in [1.807, 2.05) is 12.1 Å². The van der Waals surface area contributed by atoms with Crippen molar-refractivity contribution in [2.24, 2.45) is 5.73 Å². The molecule has 0 radical (unpaired) electrons. The van der Waals surface area contributed by atoms with Gasteiger partial charge in [-0.15, -0.1) is 0 Å². The van der Waals surface area contributed by atoms with Crippen molar-refractivity contribution < 1.29 is 44.1 Å². The second kappa shape index (κ2) is 21.9. The molecule has 1 aliphatic rings. The molecule has 0 saturated carbocycles. The van der Waals surface area contributed by atoms with Gasteiger partial charge in [0.25, 0.3) is 5.91 Å². The number of aliphatic carboxylic acids is 1. The molecular weight excluding hydrogens is 805 g/mol. The highest BCUT2D eigenvalue weighted by atomic mass is 16.4. The number of aryl methyl sites for hydroxylation is 1. The number of fused-ring (bicyclic) bond motifs is 5. The zero-order valence-electron chi connectivity index (χ0n) is 36.1. The molecular formula is C48H58N6O9. The number of nitrogens with zero attached hydrogens (tertiary/aromatic N) is 1. The van der Waals surface area contributed by atoms with E-state index in [4.69, 9.17) is 5.73 Å². The van der Waals surface area contributed by atoms with Crippen LogP contribution in [0.15, 0.2) is 84.9 Å². The minimum atomic E-state index is -1.45. The summed E-state index contributed by atoms with van der Waals surface area (Å²) in [5, 5.41) is 42.4. The van der Waals surface area contributed by atoms with Crippen LogP contribution in [0.3, 0.4) is 0 Å². The Morgan fingerprint density at radius 2 is 1.46 bits per heavy atom. The Morgan fingerprint density at radius 1 is 0.825 bits per heavy atom. The molecule has 63 heavy (non-hydrogen) atoms. The number of carbonyl (C=O) groups excluding carboxylic acids is 5. The highest BCUT2D eigenvalue weighted by Gasteiger charge is 2.36. The van der Waals surface area contributed by atoms with Crippen molar-refractivity contribution >= 4 is 35.5 Å². The molecule has 0 unspecified atom stereocenters. The Hall–Kier alpha value is -6.74. The lowest BCUT2D eigenvalue weighted by Gasteiger charge is -2.32. The Labute approximate surface area is 367 Å². The number of carboxylic acid groups (broad SMARTS) is 1. The Kier molecular flexibility index (Phi) is 16.4. The number of phenolic OH excluding ortho intramolecular Hbond substituents is 2.